The SMILES string of the molecule is COc1ccc(CCNC(=O)CSc2nncn2-c2ccc(C)c(Cl)c2)cc1. The van der Waals surface area contributed by atoms with Gasteiger partial charge in [0.1, 0.15) is 12.1 Å². The third-order valence-corrected chi connectivity index (χ3v) is 5.53. The van der Waals surface area contributed by atoms with E-state index in [1.807, 2.05) is 54.0 Å². The molecule has 0 atom stereocenters. The largest absolute Gasteiger partial charge is 0.497 e. The van der Waals surface area contributed by atoms with E-state index in [4.69, 9.17) is 16.3 Å². The summed E-state index contributed by atoms with van der Waals surface area (Å²) in [5.41, 5.74) is 3.01. The minimum Gasteiger partial charge on any atom is -0.497 e. The van der Waals surface area contributed by atoms with Gasteiger partial charge in [0.2, 0.25) is 5.91 Å². The Morgan fingerprint density at radius 2 is 2.04 bits per heavy atom. The van der Waals surface area contributed by atoms with E-state index in [0.717, 1.165) is 29.0 Å². The van der Waals surface area contributed by atoms with Crippen LogP contribution in [0, 0.1) is 6.92 Å². The van der Waals surface area contributed by atoms with Crippen molar-refractivity contribution in [1.82, 2.24) is 20.1 Å². The molecule has 28 heavy (non-hydrogen) atoms. The van der Waals surface area contributed by atoms with E-state index in [2.05, 4.69) is 15.5 Å². The Balaban J connectivity index is 1.49. The molecule has 3 rings (SSSR count). The average Bonchev–Trinajstić information content (AvgIpc) is 3.17. The van der Waals surface area contributed by atoms with Crippen LogP contribution in [-0.4, -0.2) is 40.1 Å². The quantitative estimate of drug-likeness (QED) is 0.567. The smallest absolute Gasteiger partial charge is 0.230 e. The molecule has 6 nitrogen and oxygen atoms in total. The zero-order valence-corrected chi connectivity index (χ0v) is 17.3. The van der Waals surface area contributed by atoms with Crippen molar-refractivity contribution in [2.45, 2.75) is 18.5 Å². The zero-order chi connectivity index (χ0) is 19.9. The van der Waals surface area contributed by atoms with Gasteiger partial charge in [0.05, 0.1) is 18.6 Å². The molecule has 1 N–H and O–H groups in total. The summed E-state index contributed by atoms with van der Waals surface area (Å²) in [6.07, 6.45) is 2.38. The highest BCUT2D eigenvalue weighted by molar-refractivity contribution is 7.99. The highest BCUT2D eigenvalue weighted by atomic mass is 35.5. The van der Waals surface area contributed by atoms with Gasteiger partial charge in [-0.3, -0.25) is 9.36 Å². The molecule has 146 valence electrons. The number of carbonyl (C=O) groups is 1. The van der Waals surface area contributed by atoms with Gasteiger partial charge in [-0.15, -0.1) is 10.2 Å². The maximum Gasteiger partial charge on any atom is 0.230 e. The van der Waals surface area contributed by atoms with E-state index < -0.39 is 0 Å². The molecule has 0 unspecified atom stereocenters. The molecule has 2 aromatic carbocycles. The number of hydrogen-bond donors (Lipinski definition) is 1. The Morgan fingerprint density at radius 1 is 1.25 bits per heavy atom. The molecule has 0 fully saturated rings. The number of nitrogens with one attached hydrogen (secondary N) is 1. The first-order valence-electron chi connectivity index (χ1n) is 8.76. The second-order valence-electron chi connectivity index (χ2n) is 6.15. The van der Waals surface area contributed by atoms with Crippen LogP contribution in [0.1, 0.15) is 11.1 Å². The van der Waals surface area contributed by atoms with Crippen LogP contribution in [0.25, 0.3) is 5.69 Å². The first-order chi connectivity index (χ1) is 13.6. The molecule has 0 radical (unpaired) electrons. The lowest BCUT2D eigenvalue weighted by atomic mass is 10.1. The van der Waals surface area contributed by atoms with Crippen molar-refractivity contribution >= 4 is 29.3 Å². The summed E-state index contributed by atoms with van der Waals surface area (Å²) in [6, 6.07) is 13.6. The second-order valence-corrected chi connectivity index (χ2v) is 7.50. The van der Waals surface area contributed by atoms with E-state index >= 15 is 0 Å². The van der Waals surface area contributed by atoms with Gasteiger partial charge in [-0.05, 0) is 48.7 Å². The van der Waals surface area contributed by atoms with Crippen LogP contribution in [-0.2, 0) is 11.2 Å². The predicted molar refractivity (Wildman–Crippen MR) is 112 cm³/mol. The van der Waals surface area contributed by atoms with Crippen LogP contribution in [0.4, 0.5) is 0 Å². The Labute approximate surface area is 173 Å². The normalized spacial score (nSPS) is 10.7. The number of hydrogen-bond acceptors (Lipinski definition) is 5. The van der Waals surface area contributed by atoms with Crippen molar-refractivity contribution in [1.29, 1.82) is 0 Å². The summed E-state index contributed by atoms with van der Waals surface area (Å²) in [4.78, 5) is 12.1. The molecule has 0 spiro atoms. The van der Waals surface area contributed by atoms with Crippen LogP contribution in [0.2, 0.25) is 5.02 Å². The van der Waals surface area contributed by atoms with Gasteiger partial charge in [0.25, 0.3) is 0 Å². The Kier molecular flexibility index (Phi) is 6.95. The number of aryl methyl sites for hydroxylation is 1. The standard InChI is InChI=1S/C20H21ClN4O2S/c1-14-3-6-16(11-18(14)21)25-13-23-24-20(25)28-12-19(26)22-10-9-15-4-7-17(27-2)8-5-15/h3-8,11,13H,9-10,12H2,1-2H3,(H,22,26). The summed E-state index contributed by atoms with van der Waals surface area (Å²) in [5.74, 6) is 1.04. The van der Waals surface area contributed by atoms with Gasteiger partial charge < -0.3 is 10.1 Å². The van der Waals surface area contributed by atoms with Crippen LogP contribution in [0.5, 0.6) is 5.75 Å². The molecule has 1 heterocycles. The van der Waals surface area contributed by atoms with E-state index in [1.54, 1.807) is 13.4 Å². The second kappa shape index (κ2) is 9.61. The lowest BCUT2D eigenvalue weighted by Gasteiger charge is -2.08. The van der Waals surface area contributed by atoms with Crippen LogP contribution in [0.3, 0.4) is 0 Å². The highest BCUT2D eigenvalue weighted by Gasteiger charge is 2.11. The van der Waals surface area contributed by atoms with Gasteiger partial charge in [0.15, 0.2) is 5.16 Å². The van der Waals surface area contributed by atoms with Gasteiger partial charge in [-0.1, -0.05) is 41.6 Å². The molecule has 3 aromatic rings. The molecule has 0 aliphatic carbocycles. The van der Waals surface area contributed by atoms with Crippen molar-refractivity contribution < 1.29 is 9.53 Å². The van der Waals surface area contributed by atoms with Crippen molar-refractivity contribution in [3.8, 4) is 11.4 Å². The van der Waals surface area contributed by atoms with Crippen LogP contribution in [0.15, 0.2) is 53.9 Å². The van der Waals surface area contributed by atoms with Crippen molar-refractivity contribution in [3.63, 3.8) is 0 Å². The molecule has 0 saturated heterocycles. The first-order valence-corrected chi connectivity index (χ1v) is 10.1. The lowest BCUT2D eigenvalue weighted by Crippen LogP contribution is -2.27. The maximum atomic E-state index is 12.1. The number of methoxy groups -OCH3 is 1. The number of benzene rings is 2. The van der Waals surface area contributed by atoms with E-state index in [-0.39, 0.29) is 11.7 Å². The molecule has 8 heteroatoms. The Bertz CT molecular complexity index is 944. The van der Waals surface area contributed by atoms with E-state index in [1.165, 1.54) is 11.8 Å². The van der Waals surface area contributed by atoms with Gasteiger partial charge in [-0.2, -0.15) is 0 Å². The topological polar surface area (TPSA) is 69.0 Å². The molecular weight excluding hydrogens is 396 g/mol. The van der Waals surface area contributed by atoms with Gasteiger partial charge in [-0.25, -0.2) is 0 Å². The number of halogens is 1. The predicted octanol–water partition coefficient (Wildman–Crippen LogP) is 3.69. The van der Waals surface area contributed by atoms with Crippen molar-refractivity contribution in [2.24, 2.45) is 0 Å². The Hall–Kier alpha value is -2.51. The number of ether oxygens (including phenoxy) is 1. The molecule has 0 aliphatic rings. The summed E-state index contributed by atoms with van der Waals surface area (Å²) >= 11 is 7.54. The minimum absolute atomic E-state index is 0.0463. The number of rotatable bonds is 8. The third-order valence-electron chi connectivity index (χ3n) is 4.18. The third kappa shape index (κ3) is 5.27. The van der Waals surface area contributed by atoms with Crippen LogP contribution >= 0.6 is 23.4 Å². The maximum absolute atomic E-state index is 12.1. The minimum atomic E-state index is -0.0463. The molecular formula is C20H21ClN4O2S. The number of amides is 1. The highest BCUT2D eigenvalue weighted by Crippen LogP contribution is 2.23. The van der Waals surface area contributed by atoms with Crippen molar-refractivity contribution in [3.05, 3.63) is 64.9 Å². The molecule has 0 aliphatic heterocycles. The van der Waals surface area contributed by atoms with E-state index in [0.29, 0.717) is 16.7 Å². The summed E-state index contributed by atoms with van der Waals surface area (Å²) in [7, 11) is 1.64. The van der Waals surface area contributed by atoms with Crippen molar-refractivity contribution in [2.75, 3.05) is 19.4 Å². The fourth-order valence-electron chi connectivity index (χ4n) is 2.55. The van der Waals surface area contributed by atoms with E-state index in [9.17, 15) is 4.79 Å². The molecule has 1 aromatic heterocycles. The fraction of sp³-hybridized carbons (Fsp3) is 0.250. The molecule has 0 bridgehead atoms. The number of nitrogens with zero attached hydrogens (tertiary/aromatic N) is 3. The average molecular weight is 417 g/mol. The van der Waals surface area contributed by atoms with Gasteiger partial charge in [0, 0.05) is 11.6 Å². The summed E-state index contributed by atoms with van der Waals surface area (Å²) < 4.78 is 6.96. The molecule has 1 amide bonds. The monoisotopic (exact) mass is 416 g/mol. The zero-order valence-electron chi connectivity index (χ0n) is 15.7. The summed E-state index contributed by atoms with van der Waals surface area (Å²) in [5, 5.41) is 12.3. The Morgan fingerprint density at radius 3 is 2.75 bits per heavy atom. The molecule has 0 saturated carbocycles. The number of thioether (sulfide) groups is 1. The first kappa shape index (κ1) is 20.2. The number of aromatic nitrogens is 3. The van der Waals surface area contributed by atoms with Gasteiger partial charge >= 0.3 is 0 Å². The lowest BCUT2D eigenvalue weighted by molar-refractivity contribution is -0.118. The number of carbonyl (C=O) groups excluding carboxylic acids is 1. The summed E-state index contributed by atoms with van der Waals surface area (Å²) in [6.45, 7) is 2.52. The fourth-order valence-corrected chi connectivity index (χ4v) is 3.48. The van der Waals surface area contributed by atoms with Crippen LogP contribution < -0.4 is 10.1 Å².